The van der Waals surface area contributed by atoms with Gasteiger partial charge in [0.15, 0.2) is 0 Å². The fourth-order valence-electron chi connectivity index (χ4n) is 3.08. The lowest BCUT2D eigenvalue weighted by Gasteiger charge is -2.29. The number of rotatable bonds is 3. The van der Waals surface area contributed by atoms with Crippen molar-refractivity contribution in [1.29, 1.82) is 0 Å². The second kappa shape index (κ2) is 6.08. The lowest BCUT2D eigenvalue weighted by Crippen LogP contribution is -2.23. The van der Waals surface area contributed by atoms with Gasteiger partial charge in [-0.25, -0.2) is 4.79 Å². The number of ether oxygens (including phenoxy) is 1. The molecule has 0 radical (unpaired) electrons. The Morgan fingerprint density at radius 1 is 0.800 bits per heavy atom. The van der Waals surface area contributed by atoms with E-state index >= 15 is 0 Å². The van der Waals surface area contributed by atoms with Crippen molar-refractivity contribution in [2.75, 3.05) is 0 Å². The fraction of sp³-hybridized carbons (Fsp3) is 0.136. The zero-order valence-corrected chi connectivity index (χ0v) is 15.0. The summed E-state index contributed by atoms with van der Waals surface area (Å²) in [6, 6.07) is 24.2. The van der Waals surface area contributed by atoms with E-state index in [2.05, 4.69) is 50.2 Å². The molecule has 1 aliphatic heterocycles. The first kappa shape index (κ1) is 16.0. The summed E-state index contributed by atoms with van der Waals surface area (Å²) in [4.78, 5) is 12.7. The van der Waals surface area contributed by atoms with Crippen LogP contribution < -0.4 is 0 Å². The molecule has 0 unspecified atom stereocenters. The van der Waals surface area contributed by atoms with Gasteiger partial charge >= 0.3 is 5.97 Å². The van der Waals surface area contributed by atoms with E-state index in [0.717, 1.165) is 16.0 Å². The van der Waals surface area contributed by atoms with E-state index in [1.807, 2.05) is 36.4 Å². The third-order valence-corrected chi connectivity index (χ3v) is 5.79. The van der Waals surface area contributed by atoms with Crippen LogP contribution in [0.25, 0.3) is 0 Å². The Balaban J connectivity index is 1.89. The van der Waals surface area contributed by atoms with Crippen molar-refractivity contribution in [3.05, 3.63) is 101 Å². The van der Waals surface area contributed by atoms with E-state index in [4.69, 9.17) is 4.74 Å². The summed E-state index contributed by atoms with van der Waals surface area (Å²) < 4.78 is 6.00. The molecule has 0 aliphatic carbocycles. The summed E-state index contributed by atoms with van der Waals surface area (Å²) >= 11 is 1.57. The number of hydrogen-bond acceptors (Lipinski definition) is 3. The molecule has 1 aliphatic rings. The summed E-state index contributed by atoms with van der Waals surface area (Å²) in [6.45, 7) is 4.12. The molecule has 0 aromatic heterocycles. The monoisotopic (exact) mass is 346 g/mol. The lowest BCUT2D eigenvalue weighted by molar-refractivity contribution is 0.0384. The largest absolute Gasteiger partial charge is 0.435 e. The lowest BCUT2D eigenvalue weighted by atomic mass is 9.98. The summed E-state index contributed by atoms with van der Waals surface area (Å²) in [5, 5.41) is 0. The van der Waals surface area contributed by atoms with E-state index in [9.17, 15) is 4.79 Å². The number of carbonyl (C=O) groups excluding carboxylic acids is 1. The summed E-state index contributed by atoms with van der Waals surface area (Å²) in [5.74, 6) is -0.268. The first-order valence-electron chi connectivity index (χ1n) is 8.24. The number of aryl methyl sites for hydroxylation is 2. The van der Waals surface area contributed by atoms with Crippen LogP contribution in [0.4, 0.5) is 0 Å². The number of esters is 1. The van der Waals surface area contributed by atoms with Gasteiger partial charge in [0.1, 0.15) is 0 Å². The molecule has 0 amide bonds. The normalized spacial score (nSPS) is 18.7. The molecule has 1 heterocycles. The molecule has 25 heavy (non-hydrogen) atoms. The summed E-state index contributed by atoms with van der Waals surface area (Å²) in [7, 11) is 0. The van der Waals surface area contributed by atoms with Crippen LogP contribution in [0.3, 0.4) is 0 Å². The van der Waals surface area contributed by atoms with E-state index < -0.39 is 4.93 Å². The van der Waals surface area contributed by atoms with Crippen LogP contribution in [0.15, 0.2) is 77.7 Å². The zero-order chi connectivity index (χ0) is 17.4. The minimum absolute atomic E-state index is 0.268. The van der Waals surface area contributed by atoms with Crippen molar-refractivity contribution in [1.82, 2.24) is 0 Å². The van der Waals surface area contributed by atoms with Crippen LogP contribution in [0.5, 0.6) is 0 Å². The molecule has 0 saturated carbocycles. The molecule has 124 valence electrons. The van der Waals surface area contributed by atoms with Crippen LogP contribution >= 0.6 is 11.8 Å². The average molecular weight is 346 g/mol. The van der Waals surface area contributed by atoms with E-state index in [1.54, 1.807) is 11.8 Å². The van der Waals surface area contributed by atoms with Crippen molar-refractivity contribution >= 4 is 17.7 Å². The Morgan fingerprint density at radius 3 is 2.08 bits per heavy atom. The van der Waals surface area contributed by atoms with Gasteiger partial charge in [0.2, 0.25) is 4.93 Å². The van der Waals surface area contributed by atoms with Crippen LogP contribution in [-0.2, 0) is 9.67 Å². The number of thioether (sulfide) groups is 1. The van der Waals surface area contributed by atoms with Gasteiger partial charge in [-0.3, -0.25) is 0 Å². The van der Waals surface area contributed by atoms with Crippen LogP contribution in [0, 0.1) is 13.8 Å². The van der Waals surface area contributed by atoms with Gasteiger partial charge in [-0.1, -0.05) is 77.5 Å². The quantitative estimate of drug-likeness (QED) is 0.589. The van der Waals surface area contributed by atoms with E-state index in [-0.39, 0.29) is 5.97 Å². The number of benzene rings is 3. The molecule has 0 N–H and O–H groups in total. The Hall–Kier alpha value is -2.52. The molecule has 3 heteroatoms. The van der Waals surface area contributed by atoms with Crippen molar-refractivity contribution in [3.8, 4) is 0 Å². The molecule has 0 bridgehead atoms. The van der Waals surface area contributed by atoms with E-state index in [0.29, 0.717) is 5.56 Å². The van der Waals surface area contributed by atoms with Crippen molar-refractivity contribution < 1.29 is 9.53 Å². The van der Waals surface area contributed by atoms with Gasteiger partial charge in [0.25, 0.3) is 0 Å². The Morgan fingerprint density at radius 2 is 1.40 bits per heavy atom. The molecule has 3 aromatic carbocycles. The maximum absolute atomic E-state index is 12.5. The smallest absolute Gasteiger partial charge is 0.340 e. The average Bonchev–Trinajstić information content (AvgIpc) is 2.91. The first-order valence-corrected chi connectivity index (χ1v) is 9.06. The van der Waals surface area contributed by atoms with Gasteiger partial charge in [-0.2, -0.15) is 0 Å². The topological polar surface area (TPSA) is 26.3 Å². The highest BCUT2D eigenvalue weighted by atomic mass is 32.2. The molecule has 3 aromatic rings. The Bertz CT molecular complexity index is 929. The summed E-state index contributed by atoms with van der Waals surface area (Å²) in [5.41, 5.74) is 4.91. The molecule has 4 rings (SSSR count). The van der Waals surface area contributed by atoms with Crippen molar-refractivity contribution in [2.24, 2.45) is 0 Å². The molecule has 0 spiro atoms. The zero-order valence-electron chi connectivity index (χ0n) is 14.2. The molecular formula is C22H18O2S. The highest BCUT2D eigenvalue weighted by Crippen LogP contribution is 2.52. The van der Waals surface area contributed by atoms with Crippen molar-refractivity contribution in [3.63, 3.8) is 0 Å². The molecule has 0 saturated heterocycles. The minimum Gasteiger partial charge on any atom is -0.435 e. The van der Waals surface area contributed by atoms with Crippen molar-refractivity contribution in [2.45, 2.75) is 23.7 Å². The molecular weight excluding hydrogens is 328 g/mol. The van der Waals surface area contributed by atoms with Gasteiger partial charge in [-0.05, 0) is 32.0 Å². The minimum atomic E-state index is -0.851. The maximum atomic E-state index is 12.5. The Kier molecular flexibility index (Phi) is 3.89. The van der Waals surface area contributed by atoms with E-state index in [1.165, 1.54) is 11.1 Å². The highest BCUT2D eigenvalue weighted by Gasteiger charge is 2.47. The number of hydrogen-bond donors (Lipinski definition) is 0. The maximum Gasteiger partial charge on any atom is 0.340 e. The fourth-order valence-corrected chi connectivity index (χ4v) is 4.35. The SMILES string of the molecule is Cc1ccc(S[C@]2(c3ccc(C)cc3)OC(=O)c3ccccc32)cc1. The predicted octanol–water partition coefficient (Wildman–Crippen LogP) is 5.47. The van der Waals surface area contributed by atoms with Crippen LogP contribution in [0.2, 0.25) is 0 Å². The molecule has 0 fully saturated rings. The standard InChI is InChI=1S/C22H18O2S/c1-15-7-11-17(12-8-15)22(25-18-13-9-16(2)10-14-18)20-6-4-3-5-19(20)21(23)24-22/h3-14H,1-2H3/t22-/m0/s1. The predicted molar refractivity (Wildman–Crippen MR) is 101 cm³/mol. The first-order chi connectivity index (χ1) is 12.1. The summed E-state index contributed by atoms with van der Waals surface area (Å²) in [6.07, 6.45) is 0. The number of cyclic esters (lactones) is 1. The number of carbonyl (C=O) groups is 1. The second-order valence-corrected chi connectivity index (χ2v) is 7.58. The third kappa shape index (κ3) is 2.75. The number of fused-ring (bicyclic) bond motifs is 1. The van der Waals surface area contributed by atoms with Crippen LogP contribution in [0.1, 0.15) is 32.6 Å². The molecule has 1 atom stereocenters. The van der Waals surface area contributed by atoms with Crippen LogP contribution in [-0.4, -0.2) is 5.97 Å². The van der Waals surface area contributed by atoms with Gasteiger partial charge in [0, 0.05) is 16.0 Å². The van der Waals surface area contributed by atoms with Gasteiger partial charge in [-0.15, -0.1) is 0 Å². The second-order valence-electron chi connectivity index (χ2n) is 6.33. The van der Waals surface area contributed by atoms with Gasteiger partial charge < -0.3 is 4.74 Å². The third-order valence-electron chi connectivity index (χ3n) is 4.45. The van der Waals surface area contributed by atoms with Gasteiger partial charge in [0.05, 0.1) is 5.56 Å². The molecule has 2 nitrogen and oxygen atoms in total. The Labute approximate surface area is 151 Å². The highest BCUT2D eigenvalue weighted by molar-refractivity contribution is 8.00.